The van der Waals surface area contributed by atoms with E-state index in [0.29, 0.717) is 24.0 Å². The molecule has 1 fully saturated rings. The second-order valence-electron chi connectivity index (χ2n) is 7.76. The van der Waals surface area contributed by atoms with Crippen LogP contribution in [0.1, 0.15) is 64.4 Å². The number of aromatic nitrogens is 2. The van der Waals surface area contributed by atoms with E-state index in [4.69, 9.17) is 18.7 Å². The lowest BCUT2D eigenvalue weighted by molar-refractivity contribution is 0.0217. The third-order valence-electron chi connectivity index (χ3n) is 4.36. The van der Waals surface area contributed by atoms with E-state index in [1.54, 1.807) is 12.0 Å². The lowest BCUT2D eigenvalue weighted by Crippen LogP contribution is -2.36. The van der Waals surface area contributed by atoms with Crippen LogP contribution in [-0.2, 0) is 4.74 Å². The van der Waals surface area contributed by atoms with Gasteiger partial charge < -0.3 is 18.7 Å². The van der Waals surface area contributed by atoms with Crippen LogP contribution in [-0.4, -0.2) is 40.4 Å². The molecule has 0 bridgehead atoms. The number of likely N-dealkylation sites (tertiary alicyclic amines) is 1. The Hall–Kier alpha value is -2.77. The number of hydrogen-bond donors (Lipinski definition) is 0. The van der Waals surface area contributed by atoms with Crippen molar-refractivity contribution in [3.05, 3.63) is 36.0 Å². The minimum Gasteiger partial charge on any atom is -0.497 e. The number of rotatable bonds is 5. The zero-order valence-electron chi connectivity index (χ0n) is 17.0. The van der Waals surface area contributed by atoms with Crippen LogP contribution in [0.25, 0.3) is 0 Å². The number of ether oxygens (including phenoxy) is 3. The van der Waals surface area contributed by atoms with Crippen molar-refractivity contribution in [1.82, 2.24) is 15.0 Å². The van der Waals surface area contributed by atoms with E-state index >= 15 is 0 Å². The molecule has 3 rings (SSSR count). The predicted octanol–water partition coefficient (Wildman–Crippen LogP) is 4.29. The van der Waals surface area contributed by atoms with Crippen molar-refractivity contribution in [2.75, 3.05) is 13.7 Å². The van der Waals surface area contributed by atoms with E-state index < -0.39 is 11.7 Å². The van der Waals surface area contributed by atoms with Gasteiger partial charge in [0.25, 0.3) is 5.89 Å². The van der Waals surface area contributed by atoms with Crippen LogP contribution >= 0.6 is 0 Å². The van der Waals surface area contributed by atoms with Crippen LogP contribution in [0, 0.1) is 0 Å². The van der Waals surface area contributed by atoms with Gasteiger partial charge in [0.1, 0.15) is 17.1 Å². The van der Waals surface area contributed by atoms with Gasteiger partial charge in [0.05, 0.1) is 13.2 Å². The first-order chi connectivity index (χ1) is 13.3. The van der Waals surface area contributed by atoms with Gasteiger partial charge in [0.15, 0.2) is 11.9 Å². The smallest absolute Gasteiger partial charge is 0.410 e. The molecule has 0 radical (unpaired) electrons. The largest absolute Gasteiger partial charge is 0.497 e. The Balaban J connectivity index is 1.67. The molecule has 0 unspecified atom stereocenters. The molecule has 28 heavy (non-hydrogen) atoms. The molecule has 1 saturated heterocycles. The topological polar surface area (TPSA) is 86.9 Å². The Morgan fingerprint density at radius 3 is 2.57 bits per heavy atom. The average molecular weight is 389 g/mol. The van der Waals surface area contributed by atoms with Gasteiger partial charge in [0.2, 0.25) is 0 Å². The van der Waals surface area contributed by atoms with E-state index in [1.807, 2.05) is 52.0 Å². The normalized spacial score (nSPS) is 18.0. The van der Waals surface area contributed by atoms with E-state index in [9.17, 15) is 4.79 Å². The van der Waals surface area contributed by atoms with Gasteiger partial charge in [-0.1, -0.05) is 5.16 Å². The average Bonchev–Trinajstić information content (AvgIpc) is 3.30. The summed E-state index contributed by atoms with van der Waals surface area (Å²) in [6.07, 6.45) is 0.854. The zero-order valence-corrected chi connectivity index (χ0v) is 17.0. The molecule has 0 aliphatic carbocycles. The highest BCUT2D eigenvalue weighted by atomic mass is 16.6. The van der Waals surface area contributed by atoms with Gasteiger partial charge in [-0.25, -0.2) is 4.79 Å². The van der Waals surface area contributed by atoms with Gasteiger partial charge in [0, 0.05) is 6.54 Å². The quantitative estimate of drug-likeness (QED) is 0.754. The van der Waals surface area contributed by atoms with E-state index in [-0.39, 0.29) is 12.1 Å². The third-order valence-corrected chi connectivity index (χ3v) is 4.36. The first kappa shape index (κ1) is 20.0. The maximum Gasteiger partial charge on any atom is 0.410 e. The van der Waals surface area contributed by atoms with Crippen LogP contribution in [0.5, 0.6) is 11.5 Å². The summed E-state index contributed by atoms with van der Waals surface area (Å²) in [7, 11) is 1.61. The van der Waals surface area contributed by atoms with Gasteiger partial charge in [-0.2, -0.15) is 4.98 Å². The number of carbonyl (C=O) groups excluding carboxylic acids is 1. The molecule has 8 nitrogen and oxygen atoms in total. The van der Waals surface area contributed by atoms with Crippen molar-refractivity contribution in [2.24, 2.45) is 0 Å². The number of carbonyl (C=O) groups is 1. The maximum absolute atomic E-state index is 12.5. The van der Waals surface area contributed by atoms with Crippen LogP contribution in [0.3, 0.4) is 0 Å². The number of methoxy groups -OCH3 is 1. The highest BCUT2D eigenvalue weighted by Gasteiger charge is 2.36. The molecule has 1 aromatic heterocycles. The number of nitrogens with zero attached hydrogens (tertiary/aromatic N) is 3. The van der Waals surface area contributed by atoms with Crippen LogP contribution in [0.4, 0.5) is 4.79 Å². The molecule has 2 aromatic rings. The fourth-order valence-electron chi connectivity index (χ4n) is 3.03. The summed E-state index contributed by atoms with van der Waals surface area (Å²) in [5, 5.41) is 4.08. The van der Waals surface area contributed by atoms with Crippen molar-refractivity contribution in [3.63, 3.8) is 0 Å². The minimum atomic E-state index is -0.548. The lowest BCUT2D eigenvalue weighted by atomic mass is 10.2. The highest BCUT2D eigenvalue weighted by Crippen LogP contribution is 2.32. The number of benzene rings is 1. The standard InChI is InChI=1S/C20H27N3O5/c1-13(26-15-10-8-14(25-5)9-11-15)18-21-17(22-28-18)16-7-6-12-23(16)19(24)27-20(2,3)4/h8-11,13,16H,6-7,12H2,1-5H3/t13-,16-/m1/s1. The predicted molar refractivity (Wildman–Crippen MR) is 101 cm³/mol. The van der Waals surface area contributed by atoms with Gasteiger partial charge in [-0.3, -0.25) is 4.90 Å². The van der Waals surface area contributed by atoms with Crippen LogP contribution in [0.15, 0.2) is 28.8 Å². The Morgan fingerprint density at radius 1 is 1.25 bits per heavy atom. The Kier molecular flexibility index (Phi) is 5.76. The second-order valence-corrected chi connectivity index (χ2v) is 7.76. The summed E-state index contributed by atoms with van der Waals surface area (Å²) in [6.45, 7) is 7.99. The number of hydrogen-bond acceptors (Lipinski definition) is 7. The van der Waals surface area contributed by atoms with Crippen LogP contribution < -0.4 is 9.47 Å². The van der Waals surface area contributed by atoms with E-state index in [1.165, 1.54) is 0 Å². The molecule has 1 aliphatic heterocycles. The van der Waals surface area contributed by atoms with Crippen molar-refractivity contribution in [3.8, 4) is 11.5 Å². The molecule has 1 amide bonds. The van der Waals surface area contributed by atoms with Gasteiger partial charge >= 0.3 is 6.09 Å². The van der Waals surface area contributed by atoms with Crippen LogP contribution in [0.2, 0.25) is 0 Å². The van der Waals surface area contributed by atoms with Crippen molar-refractivity contribution >= 4 is 6.09 Å². The molecule has 152 valence electrons. The molecule has 1 aliphatic rings. The highest BCUT2D eigenvalue weighted by molar-refractivity contribution is 5.69. The summed E-state index contributed by atoms with van der Waals surface area (Å²) in [5.41, 5.74) is -0.548. The summed E-state index contributed by atoms with van der Waals surface area (Å²) in [4.78, 5) is 18.6. The Bertz CT molecular complexity index is 797. The monoisotopic (exact) mass is 389 g/mol. The molecule has 0 spiro atoms. The molecule has 2 heterocycles. The van der Waals surface area contributed by atoms with Crippen molar-refractivity contribution in [2.45, 2.75) is 58.3 Å². The molecular formula is C20H27N3O5. The third kappa shape index (κ3) is 4.74. The molecule has 0 N–H and O–H groups in total. The zero-order chi connectivity index (χ0) is 20.3. The molecule has 2 atom stereocenters. The molecule has 8 heteroatoms. The SMILES string of the molecule is COc1ccc(O[C@H](C)c2nc([C@H]3CCCN3C(=O)OC(C)(C)C)no2)cc1. The van der Waals surface area contributed by atoms with E-state index in [0.717, 1.165) is 18.6 Å². The summed E-state index contributed by atoms with van der Waals surface area (Å²) in [6, 6.07) is 7.01. The minimum absolute atomic E-state index is 0.250. The van der Waals surface area contributed by atoms with Gasteiger partial charge in [-0.15, -0.1) is 0 Å². The number of amides is 1. The fourth-order valence-corrected chi connectivity index (χ4v) is 3.03. The lowest BCUT2D eigenvalue weighted by Gasteiger charge is -2.27. The van der Waals surface area contributed by atoms with Crippen molar-refractivity contribution in [1.29, 1.82) is 0 Å². The summed E-state index contributed by atoms with van der Waals surface area (Å²) >= 11 is 0. The summed E-state index contributed by atoms with van der Waals surface area (Å²) in [5.74, 6) is 2.26. The van der Waals surface area contributed by atoms with E-state index in [2.05, 4.69) is 10.1 Å². The summed E-state index contributed by atoms with van der Waals surface area (Å²) < 4.78 is 21.9. The maximum atomic E-state index is 12.5. The Morgan fingerprint density at radius 2 is 1.93 bits per heavy atom. The fraction of sp³-hybridized carbons (Fsp3) is 0.550. The Labute approximate surface area is 164 Å². The first-order valence-corrected chi connectivity index (χ1v) is 9.40. The second kappa shape index (κ2) is 8.08. The first-order valence-electron chi connectivity index (χ1n) is 9.40. The van der Waals surface area contributed by atoms with Crippen molar-refractivity contribution < 1.29 is 23.5 Å². The molecular weight excluding hydrogens is 362 g/mol. The molecule has 0 saturated carbocycles. The van der Waals surface area contributed by atoms with Gasteiger partial charge in [-0.05, 0) is 64.8 Å². The molecule has 1 aromatic carbocycles.